The summed E-state index contributed by atoms with van der Waals surface area (Å²) in [5, 5.41) is 27.8. The van der Waals surface area contributed by atoms with E-state index in [4.69, 9.17) is 0 Å². The minimum atomic E-state index is -0.933. The maximum absolute atomic E-state index is 12.9. The van der Waals surface area contributed by atoms with Crippen molar-refractivity contribution in [3.05, 3.63) is 11.4 Å². The van der Waals surface area contributed by atoms with Crippen molar-refractivity contribution in [2.45, 2.75) is 76.4 Å². The third-order valence-corrected chi connectivity index (χ3v) is 4.57. The van der Waals surface area contributed by atoms with E-state index in [2.05, 4.69) is 16.0 Å². The lowest BCUT2D eigenvalue weighted by Crippen LogP contribution is -2.59. The molecule has 6 nitrogen and oxygen atoms in total. The molecule has 0 aromatic rings. The zero-order chi connectivity index (χ0) is 17.1. The summed E-state index contributed by atoms with van der Waals surface area (Å²) >= 11 is 0. The van der Waals surface area contributed by atoms with Gasteiger partial charge >= 0.3 is 0 Å². The zero-order valence-corrected chi connectivity index (χ0v) is 14.1. The van der Waals surface area contributed by atoms with Crippen LogP contribution in [0.4, 0.5) is 0 Å². The molecule has 0 saturated heterocycles. The molecule has 1 aliphatic heterocycles. The molecule has 1 amide bonds. The summed E-state index contributed by atoms with van der Waals surface area (Å²) < 4.78 is 0. The van der Waals surface area contributed by atoms with E-state index >= 15 is 0 Å². The van der Waals surface area contributed by atoms with Gasteiger partial charge in [0.2, 0.25) is 5.91 Å². The number of amides is 1. The lowest BCUT2D eigenvalue weighted by atomic mass is 9.84. The first-order valence-electron chi connectivity index (χ1n) is 8.21. The van der Waals surface area contributed by atoms with Crippen LogP contribution in [0.1, 0.15) is 59.3 Å². The summed E-state index contributed by atoms with van der Waals surface area (Å²) in [5.41, 5.74) is -1.10. The topological polar surface area (TPSA) is 101 Å². The fourth-order valence-corrected chi connectivity index (χ4v) is 3.61. The van der Waals surface area contributed by atoms with Crippen LogP contribution < -0.4 is 16.0 Å². The van der Waals surface area contributed by atoms with Crippen molar-refractivity contribution in [2.75, 3.05) is 0 Å². The minimum absolute atomic E-state index is 0.105. The van der Waals surface area contributed by atoms with Gasteiger partial charge in [0.15, 0.2) is 0 Å². The predicted octanol–water partition coefficient (Wildman–Crippen LogP) is 1.81. The third-order valence-electron chi connectivity index (χ3n) is 4.57. The van der Waals surface area contributed by atoms with Gasteiger partial charge in [-0.25, -0.2) is 0 Å². The standard InChI is InChI=1S/C17H25N5O/c1-16(2)11-17(3,22-14(10-19)13(9-18)21-16)15(23)20-12-7-5-4-6-8-12/h12,21-22H,4-8,11H2,1-3H3,(H,20,23). The van der Waals surface area contributed by atoms with Crippen LogP contribution in [0.2, 0.25) is 0 Å². The average Bonchev–Trinajstić information content (AvgIpc) is 2.61. The Bertz CT molecular complexity index is 589. The lowest BCUT2D eigenvalue weighted by Gasteiger charge is -2.36. The fraction of sp³-hybridized carbons (Fsp3) is 0.706. The largest absolute Gasteiger partial charge is 0.369 e. The number of carbonyl (C=O) groups is 1. The molecule has 0 aromatic carbocycles. The number of nitrogens with one attached hydrogen (secondary N) is 3. The average molecular weight is 315 g/mol. The van der Waals surface area contributed by atoms with Gasteiger partial charge in [-0.15, -0.1) is 0 Å². The molecule has 0 bridgehead atoms. The minimum Gasteiger partial charge on any atom is -0.369 e. The predicted molar refractivity (Wildman–Crippen MR) is 86.6 cm³/mol. The van der Waals surface area contributed by atoms with Gasteiger partial charge in [0.1, 0.15) is 29.1 Å². The Hall–Kier alpha value is -2.21. The molecule has 1 fully saturated rings. The molecule has 1 saturated carbocycles. The summed E-state index contributed by atoms with van der Waals surface area (Å²) in [6, 6.07) is 4.22. The van der Waals surface area contributed by atoms with Crippen molar-refractivity contribution >= 4 is 5.91 Å². The Labute approximate surface area is 137 Å². The second-order valence-electron chi connectivity index (χ2n) is 7.42. The molecule has 2 rings (SSSR count). The molecule has 1 unspecified atom stereocenters. The molecule has 124 valence electrons. The van der Waals surface area contributed by atoms with Crippen molar-refractivity contribution < 1.29 is 4.79 Å². The van der Waals surface area contributed by atoms with Gasteiger partial charge in [-0.1, -0.05) is 19.3 Å². The lowest BCUT2D eigenvalue weighted by molar-refractivity contribution is -0.128. The van der Waals surface area contributed by atoms with E-state index in [1.54, 1.807) is 6.92 Å². The molecule has 23 heavy (non-hydrogen) atoms. The van der Waals surface area contributed by atoms with Crippen LogP contribution in [0, 0.1) is 22.7 Å². The molecule has 2 aliphatic rings. The Morgan fingerprint density at radius 1 is 1.09 bits per heavy atom. The molecule has 6 heteroatoms. The second-order valence-corrected chi connectivity index (χ2v) is 7.42. The molecule has 1 aliphatic carbocycles. The van der Waals surface area contributed by atoms with Crippen LogP contribution in [0.3, 0.4) is 0 Å². The van der Waals surface area contributed by atoms with Crippen LogP contribution in [0.15, 0.2) is 11.4 Å². The van der Waals surface area contributed by atoms with Gasteiger partial charge in [-0.05, 0) is 33.6 Å². The number of hydrogen-bond acceptors (Lipinski definition) is 5. The highest BCUT2D eigenvalue weighted by molar-refractivity contribution is 5.87. The van der Waals surface area contributed by atoms with Crippen molar-refractivity contribution in [3.8, 4) is 12.1 Å². The molecule has 0 spiro atoms. The maximum Gasteiger partial charge on any atom is 0.245 e. The van der Waals surface area contributed by atoms with E-state index in [0.717, 1.165) is 25.7 Å². The maximum atomic E-state index is 12.9. The number of nitrogens with zero attached hydrogens (tertiary/aromatic N) is 2. The van der Waals surface area contributed by atoms with E-state index in [-0.39, 0.29) is 23.3 Å². The van der Waals surface area contributed by atoms with Gasteiger partial charge in [0, 0.05) is 18.0 Å². The first-order chi connectivity index (χ1) is 10.8. The van der Waals surface area contributed by atoms with Crippen molar-refractivity contribution in [1.29, 1.82) is 10.5 Å². The van der Waals surface area contributed by atoms with Crippen LogP contribution in [-0.4, -0.2) is 23.0 Å². The van der Waals surface area contributed by atoms with Crippen molar-refractivity contribution in [1.82, 2.24) is 16.0 Å². The van der Waals surface area contributed by atoms with Crippen LogP contribution in [0.5, 0.6) is 0 Å². The molecular formula is C17H25N5O. The summed E-state index contributed by atoms with van der Waals surface area (Å²) in [6.07, 6.45) is 6.00. The normalized spacial score (nSPS) is 27.7. The Morgan fingerprint density at radius 2 is 1.65 bits per heavy atom. The van der Waals surface area contributed by atoms with E-state index in [9.17, 15) is 15.3 Å². The van der Waals surface area contributed by atoms with Crippen LogP contribution in [-0.2, 0) is 4.79 Å². The summed E-state index contributed by atoms with van der Waals surface area (Å²) in [7, 11) is 0. The highest BCUT2D eigenvalue weighted by atomic mass is 16.2. The molecule has 0 aromatic heterocycles. The summed E-state index contributed by atoms with van der Waals surface area (Å²) in [4.78, 5) is 12.9. The summed E-state index contributed by atoms with van der Waals surface area (Å²) in [5.74, 6) is -0.105. The summed E-state index contributed by atoms with van der Waals surface area (Å²) in [6.45, 7) is 5.66. The fourth-order valence-electron chi connectivity index (χ4n) is 3.61. The first-order valence-corrected chi connectivity index (χ1v) is 8.21. The first kappa shape index (κ1) is 17.1. The van der Waals surface area contributed by atoms with Crippen molar-refractivity contribution in [3.63, 3.8) is 0 Å². The van der Waals surface area contributed by atoms with E-state index in [0.29, 0.717) is 6.42 Å². The number of rotatable bonds is 2. The molecule has 0 radical (unpaired) electrons. The number of nitriles is 2. The number of allylic oxidation sites excluding steroid dienone is 2. The third kappa shape index (κ3) is 3.96. The zero-order valence-electron chi connectivity index (χ0n) is 14.1. The SMILES string of the molecule is CC1(C)CC(C)(C(=O)NC2CCCCC2)NC(C#N)=C(C#N)N1. The quantitative estimate of drug-likeness (QED) is 0.721. The van der Waals surface area contributed by atoms with Gasteiger partial charge in [0.05, 0.1) is 0 Å². The molecular weight excluding hydrogens is 290 g/mol. The monoisotopic (exact) mass is 315 g/mol. The van der Waals surface area contributed by atoms with Gasteiger partial charge in [-0.3, -0.25) is 4.79 Å². The van der Waals surface area contributed by atoms with E-state index < -0.39 is 11.1 Å². The van der Waals surface area contributed by atoms with E-state index in [1.807, 2.05) is 26.0 Å². The second kappa shape index (κ2) is 6.50. The molecule has 1 atom stereocenters. The van der Waals surface area contributed by atoms with Crippen molar-refractivity contribution in [2.24, 2.45) is 0 Å². The Kier molecular flexibility index (Phi) is 4.85. The number of hydrogen-bond donors (Lipinski definition) is 3. The smallest absolute Gasteiger partial charge is 0.245 e. The highest BCUT2D eigenvalue weighted by Gasteiger charge is 2.43. The van der Waals surface area contributed by atoms with Gasteiger partial charge in [0.25, 0.3) is 0 Å². The Morgan fingerprint density at radius 3 is 2.22 bits per heavy atom. The van der Waals surface area contributed by atoms with E-state index in [1.165, 1.54) is 6.42 Å². The number of carbonyl (C=O) groups excluding carboxylic acids is 1. The van der Waals surface area contributed by atoms with Gasteiger partial charge in [-0.2, -0.15) is 10.5 Å². The van der Waals surface area contributed by atoms with Crippen LogP contribution >= 0.6 is 0 Å². The molecule has 3 N–H and O–H groups in total. The van der Waals surface area contributed by atoms with Gasteiger partial charge < -0.3 is 16.0 Å². The highest BCUT2D eigenvalue weighted by Crippen LogP contribution is 2.27. The molecule has 1 heterocycles. The Balaban J connectivity index is 2.24. The van der Waals surface area contributed by atoms with Crippen LogP contribution in [0.25, 0.3) is 0 Å².